The van der Waals surface area contributed by atoms with Crippen LogP contribution in [0.5, 0.6) is 0 Å². The topological polar surface area (TPSA) is 48.4 Å². The Hall–Kier alpha value is -1.32. The van der Waals surface area contributed by atoms with Gasteiger partial charge in [-0.15, -0.1) is 0 Å². The molecule has 0 aliphatic heterocycles. The molecular weight excluding hydrogens is 166 g/mol. The Morgan fingerprint density at radius 2 is 2.31 bits per heavy atom. The van der Waals surface area contributed by atoms with Gasteiger partial charge in [0.15, 0.2) is 0 Å². The van der Waals surface area contributed by atoms with Gasteiger partial charge in [-0.25, -0.2) is 5.90 Å². The third-order valence-electron chi connectivity index (χ3n) is 2.12. The molecule has 1 heterocycles. The summed E-state index contributed by atoms with van der Waals surface area (Å²) in [5.41, 5.74) is 3.06. The van der Waals surface area contributed by atoms with Crippen LogP contribution in [0.15, 0.2) is 28.9 Å². The summed E-state index contributed by atoms with van der Waals surface area (Å²) in [5.74, 6) is 5.02. The first kappa shape index (κ1) is 8.29. The summed E-state index contributed by atoms with van der Waals surface area (Å²) in [7, 11) is 0. The van der Waals surface area contributed by atoms with Crippen LogP contribution in [0.4, 0.5) is 0 Å². The summed E-state index contributed by atoms with van der Waals surface area (Å²) in [6.45, 7) is 2.43. The molecule has 0 unspecified atom stereocenters. The minimum Gasteiger partial charge on any atom is -0.464 e. The lowest BCUT2D eigenvalue weighted by Crippen LogP contribution is -1.98. The Bertz CT molecular complexity index is 420. The van der Waals surface area contributed by atoms with Crippen molar-refractivity contribution in [3.05, 3.63) is 35.6 Å². The van der Waals surface area contributed by atoms with E-state index >= 15 is 0 Å². The van der Waals surface area contributed by atoms with Gasteiger partial charge in [-0.3, -0.25) is 4.84 Å². The van der Waals surface area contributed by atoms with Crippen LogP contribution in [0.2, 0.25) is 0 Å². The van der Waals surface area contributed by atoms with Crippen molar-refractivity contribution in [2.45, 2.75) is 13.5 Å². The zero-order chi connectivity index (χ0) is 9.26. The van der Waals surface area contributed by atoms with Gasteiger partial charge in [0.25, 0.3) is 0 Å². The molecule has 0 spiro atoms. The fourth-order valence-electron chi connectivity index (χ4n) is 1.54. The first-order chi connectivity index (χ1) is 6.33. The summed E-state index contributed by atoms with van der Waals surface area (Å²) in [5, 5.41) is 1.10. The normalized spacial score (nSPS) is 10.9. The average Bonchev–Trinajstić information content (AvgIpc) is 2.51. The Balaban J connectivity index is 2.64. The second kappa shape index (κ2) is 3.20. The Labute approximate surface area is 76.0 Å². The fraction of sp³-hybridized carbons (Fsp3) is 0.200. The Morgan fingerprint density at radius 1 is 1.46 bits per heavy atom. The van der Waals surface area contributed by atoms with E-state index in [1.165, 1.54) is 5.56 Å². The van der Waals surface area contributed by atoms with Crippen molar-refractivity contribution in [1.82, 2.24) is 0 Å². The Kier molecular flexibility index (Phi) is 2.04. The lowest BCUT2D eigenvalue weighted by molar-refractivity contribution is 0.124. The van der Waals surface area contributed by atoms with E-state index < -0.39 is 0 Å². The molecular formula is C10H11NO2. The van der Waals surface area contributed by atoms with Crippen LogP contribution in [0.1, 0.15) is 11.1 Å². The molecule has 0 aliphatic carbocycles. The van der Waals surface area contributed by atoms with E-state index in [0.717, 1.165) is 16.5 Å². The van der Waals surface area contributed by atoms with E-state index in [2.05, 4.69) is 4.84 Å². The molecule has 13 heavy (non-hydrogen) atoms. The van der Waals surface area contributed by atoms with Crippen LogP contribution in [0.3, 0.4) is 0 Å². The van der Waals surface area contributed by atoms with Gasteiger partial charge in [0.05, 0.1) is 12.9 Å². The highest BCUT2D eigenvalue weighted by Gasteiger charge is 2.06. The van der Waals surface area contributed by atoms with Gasteiger partial charge < -0.3 is 4.42 Å². The molecule has 1 aromatic heterocycles. The molecule has 1 aromatic carbocycles. The molecule has 0 fully saturated rings. The van der Waals surface area contributed by atoms with Gasteiger partial charge >= 0.3 is 0 Å². The Morgan fingerprint density at radius 3 is 3.08 bits per heavy atom. The highest BCUT2D eigenvalue weighted by atomic mass is 16.6. The molecule has 3 nitrogen and oxygen atoms in total. The molecule has 0 radical (unpaired) electrons. The monoisotopic (exact) mass is 177 g/mol. The number of nitrogens with two attached hydrogens (primary N) is 1. The maximum absolute atomic E-state index is 5.35. The van der Waals surface area contributed by atoms with E-state index in [4.69, 9.17) is 10.3 Å². The SMILES string of the molecule is Cc1cccc2occ(CON)c12. The van der Waals surface area contributed by atoms with Crippen molar-refractivity contribution in [3.8, 4) is 0 Å². The molecule has 0 saturated heterocycles. The fourth-order valence-corrected chi connectivity index (χ4v) is 1.54. The summed E-state index contributed by atoms with van der Waals surface area (Å²) in [4.78, 5) is 4.59. The number of hydrogen-bond acceptors (Lipinski definition) is 3. The predicted octanol–water partition coefficient (Wildman–Crippen LogP) is 2.13. The molecule has 0 bridgehead atoms. The lowest BCUT2D eigenvalue weighted by atomic mass is 10.1. The van der Waals surface area contributed by atoms with Crippen LogP contribution in [-0.2, 0) is 11.4 Å². The molecule has 68 valence electrons. The number of hydrogen-bond donors (Lipinski definition) is 1. The van der Waals surface area contributed by atoms with Crippen molar-refractivity contribution in [1.29, 1.82) is 0 Å². The van der Waals surface area contributed by atoms with Gasteiger partial charge in [-0.05, 0) is 18.6 Å². The minimum absolute atomic E-state index is 0.387. The van der Waals surface area contributed by atoms with Crippen LogP contribution in [0.25, 0.3) is 11.0 Å². The average molecular weight is 177 g/mol. The van der Waals surface area contributed by atoms with Gasteiger partial charge in [0.2, 0.25) is 0 Å². The van der Waals surface area contributed by atoms with Gasteiger partial charge in [0, 0.05) is 10.9 Å². The summed E-state index contributed by atoms with van der Waals surface area (Å²) in [6.07, 6.45) is 1.69. The van der Waals surface area contributed by atoms with E-state index in [0.29, 0.717) is 6.61 Å². The van der Waals surface area contributed by atoms with E-state index in [-0.39, 0.29) is 0 Å². The van der Waals surface area contributed by atoms with E-state index in [1.807, 2.05) is 25.1 Å². The smallest absolute Gasteiger partial charge is 0.134 e. The molecule has 0 atom stereocenters. The summed E-state index contributed by atoms with van der Waals surface area (Å²) in [6, 6.07) is 5.94. The standard InChI is InChI=1S/C10H11NO2/c1-7-3-2-4-9-10(7)8(5-12-9)6-13-11/h2-5H,6,11H2,1H3. The molecule has 3 heteroatoms. The minimum atomic E-state index is 0.387. The summed E-state index contributed by atoms with van der Waals surface area (Å²) < 4.78 is 5.35. The zero-order valence-corrected chi connectivity index (χ0v) is 7.41. The van der Waals surface area contributed by atoms with Crippen LogP contribution in [-0.4, -0.2) is 0 Å². The number of benzene rings is 1. The maximum Gasteiger partial charge on any atom is 0.134 e. The number of fused-ring (bicyclic) bond motifs is 1. The highest BCUT2D eigenvalue weighted by molar-refractivity contribution is 5.84. The second-order valence-corrected chi connectivity index (χ2v) is 3.02. The van der Waals surface area contributed by atoms with Crippen LogP contribution < -0.4 is 5.90 Å². The van der Waals surface area contributed by atoms with E-state index in [1.54, 1.807) is 6.26 Å². The number of rotatable bonds is 2. The first-order valence-corrected chi connectivity index (χ1v) is 4.10. The van der Waals surface area contributed by atoms with Gasteiger partial charge in [-0.1, -0.05) is 12.1 Å². The first-order valence-electron chi connectivity index (χ1n) is 4.10. The number of aryl methyl sites for hydroxylation is 1. The third-order valence-corrected chi connectivity index (χ3v) is 2.12. The molecule has 2 N–H and O–H groups in total. The highest BCUT2D eigenvalue weighted by Crippen LogP contribution is 2.24. The van der Waals surface area contributed by atoms with Crippen molar-refractivity contribution in [2.75, 3.05) is 0 Å². The maximum atomic E-state index is 5.35. The molecule has 0 aliphatic rings. The van der Waals surface area contributed by atoms with Gasteiger partial charge in [0.1, 0.15) is 5.58 Å². The third kappa shape index (κ3) is 1.32. The van der Waals surface area contributed by atoms with Gasteiger partial charge in [-0.2, -0.15) is 0 Å². The van der Waals surface area contributed by atoms with Crippen LogP contribution >= 0.6 is 0 Å². The number of furan rings is 1. The van der Waals surface area contributed by atoms with Crippen molar-refractivity contribution in [3.63, 3.8) is 0 Å². The largest absolute Gasteiger partial charge is 0.464 e. The van der Waals surface area contributed by atoms with Crippen molar-refractivity contribution in [2.24, 2.45) is 5.90 Å². The van der Waals surface area contributed by atoms with Crippen molar-refractivity contribution < 1.29 is 9.25 Å². The van der Waals surface area contributed by atoms with Crippen molar-refractivity contribution >= 4 is 11.0 Å². The molecule has 0 saturated carbocycles. The zero-order valence-electron chi connectivity index (χ0n) is 7.41. The quantitative estimate of drug-likeness (QED) is 0.715. The molecule has 2 rings (SSSR count). The second-order valence-electron chi connectivity index (χ2n) is 3.02. The predicted molar refractivity (Wildman–Crippen MR) is 49.9 cm³/mol. The van der Waals surface area contributed by atoms with E-state index in [9.17, 15) is 0 Å². The summed E-state index contributed by atoms with van der Waals surface area (Å²) >= 11 is 0. The molecule has 0 amide bonds. The van der Waals surface area contributed by atoms with Crippen LogP contribution in [0, 0.1) is 6.92 Å². The lowest BCUT2D eigenvalue weighted by Gasteiger charge is -1.97. The molecule has 2 aromatic rings.